The van der Waals surface area contributed by atoms with Crippen molar-refractivity contribution < 1.29 is 4.74 Å². The molecule has 1 heterocycles. The summed E-state index contributed by atoms with van der Waals surface area (Å²) >= 11 is 3.54. The van der Waals surface area contributed by atoms with E-state index < -0.39 is 0 Å². The normalized spacial score (nSPS) is 25.6. The molecule has 0 radical (unpaired) electrons. The van der Waals surface area contributed by atoms with E-state index in [9.17, 15) is 0 Å². The lowest BCUT2D eigenvalue weighted by atomic mass is 9.97. The van der Waals surface area contributed by atoms with Gasteiger partial charge in [-0.3, -0.25) is 0 Å². The van der Waals surface area contributed by atoms with Crippen molar-refractivity contribution in [1.29, 1.82) is 0 Å². The third kappa shape index (κ3) is 3.06. The highest BCUT2D eigenvalue weighted by molar-refractivity contribution is 9.10. The van der Waals surface area contributed by atoms with E-state index in [2.05, 4.69) is 40.3 Å². The molecule has 1 saturated heterocycles. The van der Waals surface area contributed by atoms with E-state index in [1.807, 2.05) is 12.1 Å². The molecule has 0 amide bonds. The molecule has 0 saturated carbocycles. The van der Waals surface area contributed by atoms with Crippen LogP contribution < -0.4 is 5.32 Å². The number of halogens is 1. The van der Waals surface area contributed by atoms with Gasteiger partial charge in [-0.05, 0) is 30.5 Å². The number of nitrogens with one attached hydrogen (secondary N) is 1. The molecule has 1 aromatic carbocycles. The van der Waals surface area contributed by atoms with Crippen molar-refractivity contribution in [2.75, 3.05) is 13.1 Å². The van der Waals surface area contributed by atoms with Crippen LogP contribution in [0.5, 0.6) is 0 Å². The van der Waals surface area contributed by atoms with Crippen molar-refractivity contribution >= 4 is 15.9 Å². The van der Waals surface area contributed by atoms with Gasteiger partial charge in [-0.2, -0.15) is 0 Å². The minimum absolute atomic E-state index is 0.348. The highest BCUT2D eigenvalue weighted by Gasteiger charge is 2.21. The standard InChI is InChI=1S/C13H18BrNO/c1-10-6-7-15-8-13(10)16-9-11-4-2-3-5-12(11)14/h2-5,10,13,15H,6-9H2,1H3. The topological polar surface area (TPSA) is 21.3 Å². The maximum Gasteiger partial charge on any atom is 0.0732 e. The van der Waals surface area contributed by atoms with Crippen molar-refractivity contribution in [2.45, 2.75) is 26.1 Å². The van der Waals surface area contributed by atoms with Gasteiger partial charge in [0.2, 0.25) is 0 Å². The van der Waals surface area contributed by atoms with E-state index in [1.54, 1.807) is 0 Å². The van der Waals surface area contributed by atoms with Crippen LogP contribution in [0.25, 0.3) is 0 Å². The minimum Gasteiger partial charge on any atom is -0.372 e. The Bertz CT molecular complexity index is 342. The molecular weight excluding hydrogens is 266 g/mol. The summed E-state index contributed by atoms with van der Waals surface area (Å²) in [6.07, 6.45) is 1.56. The summed E-state index contributed by atoms with van der Waals surface area (Å²) in [4.78, 5) is 0. The average molecular weight is 284 g/mol. The predicted octanol–water partition coefficient (Wildman–Crippen LogP) is 2.96. The molecule has 0 aliphatic carbocycles. The van der Waals surface area contributed by atoms with Crippen molar-refractivity contribution in [3.8, 4) is 0 Å². The van der Waals surface area contributed by atoms with Crippen LogP contribution in [-0.2, 0) is 11.3 Å². The van der Waals surface area contributed by atoms with Crippen LogP contribution in [0.4, 0.5) is 0 Å². The number of ether oxygens (including phenoxy) is 1. The van der Waals surface area contributed by atoms with Crippen LogP contribution in [0.2, 0.25) is 0 Å². The van der Waals surface area contributed by atoms with Gasteiger partial charge in [0, 0.05) is 11.0 Å². The fourth-order valence-corrected chi connectivity index (χ4v) is 2.40. The third-order valence-electron chi connectivity index (χ3n) is 3.17. The molecule has 1 fully saturated rings. The summed E-state index contributed by atoms with van der Waals surface area (Å²) in [5, 5.41) is 3.38. The highest BCUT2D eigenvalue weighted by Crippen LogP contribution is 2.20. The van der Waals surface area contributed by atoms with E-state index in [1.165, 1.54) is 12.0 Å². The zero-order chi connectivity index (χ0) is 11.4. The molecule has 88 valence electrons. The molecule has 1 aliphatic rings. The van der Waals surface area contributed by atoms with E-state index >= 15 is 0 Å². The molecule has 16 heavy (non-hydrogen) atoms. The minimum atomic E-state index is 0.348. The van der Waals surface area contributed by atoms with Crippen LogP contribution >= 0.6 is 15.9 Å². The first-order valence-electron chi connectivity index (χ1n) is 5.83. The average Bonchev–Trinajstić information content (AvgIpc) is 2.30. The molecule has 0 bridgehead atoms. The molecular formula is C13H18BrNO. The van der Waals surface area contributed by atoms with Gasteiger partial charge in [-0.25, -0.2) is 0 Å². The lowest BCUT2D eigenvalue weighted by molar-refractivity contribution is -0.00680. The monoisotopic (exact) mass is 283 g/mol. The molecule has 1 N–H and O–H groups in total. The summed E-state index contributed by atoms with van der Waals surface area (Å²) in [6, 6.07) is 8.23. The fraction of sp³-hybridized carbons (Fsp3) is 0.538. The number of piperidine rings is 1. The van der Waals surface area contributed by atoms with Crippen LogP contribution in [0.1, 0.15) is 18.9 Å². The predicted molar refractivity (Wildman–Crippen MR) is 69.4 cm³/mol. The van der Waals surface area contributed by atoms with Gasteiger partial charge in [0.25, 0.3) is 0 Å². The van der Waals surface area contributed by atoms with E-state index in [0.717, 1.165) is 17.6 Å². The lowest BCUT2D eigenvalue weighted by Gasteiger charge is -2.29. The Morgan fingerprint density at radius 2 is 2.25 bits per heavy atom. The van der Waals surface area contributed by atoms with Gasteiger partial charge in [-0.15, -0.1) is 0 Å². The molecule has 1 aromatic rings. The summed E-state index contributed by atoms with van der Waals surface area (Å²) in [7, 11) is 0. The Kier molecular flexibility index (Phi) is 4.38. The van der Waals surface area contributed by atoms with Gasteiger partial charge in [0.05, 0.1) is 12.7 Å². The van der Waals surface area contributed by atoms with Crippen molar-refractivity contribution in [3.05, 3.63) is 34.3 Å². The van der Waals surface area contributed by atoms with Crippen molar-refractivity contribution in [3.63, 3.8) is 0 Å². The second kappa shape index (κ2) is 5.80. The smallest absolute Gasteiger partial charge is 0.0732 e. The Balaban J connectivity index is 1.89. The summed E-state index contributed by atoms with van der Waals surface area (Å²) in [6.45, 7) is 5.06. The molecule has 2 unspecified atom stereocenters. The number of rotatable bonds is 3. The maximum atomic E-state index is 5.97. The first-order valence-corrected chi connectivity index (χ1v) is 6.62. The zero-order valence-corrected chi connectivity index (χ0v) is 11.2. The first kappa shape index (κ1) is 12.1. The molecule has 0 aromatic heterocycles. The Morgan fingerprint density at radius 3 is 3.00 bits per heavy atom. The number of hydrogen-bond acceptors (Lipinski definition) is 2. The zero-order valence-electron chi connectivity index (χ0n) is 9.58. The van der Waals surface area contributed by atoms with Gasteiger partial charge >= 0.3 is 0 Å². The quantitative estimate of drug-likeness (QED) is 0.921. The van der Waals surface area contributed by atoms with E-state index in [4.69, 9.17) is 4.74 Å². The largest absolute Gasteiger partial charge is 0.372 e. The Labute approximate surface area is 106 Å². The maximum absolute atomic E-state index is 5.97. The molecule has 0 spiro atoms. The SMILES string of the molecule is CC1CCNCC1OCc1ccccc1Br. The second-order valence-corrected chi connectivity index (χ2v) is 5.27. The van der Waals surface area contributed by atoms with Crippen LogP contribution in [0.3, 0.4) is 0 Å². The van der Waals surface area contributed by atoms with Gasteiger partial charge in [0.15, 0.2) is 0 Å². The lowest BCUT2D eigenvalue weighted by Crippen LogP contribution is -2.40. The van der Waals surface area contributed by atoms with Crippen LogP contribution in [0, 0.1) is 5.92 Å². The number of hydrogen-bond donors (Lipinski definition) is 1. The fourth-order valence-electron chi connectivity index (χ4n) is 2.00. The molecule has 3 heteroatoms. The van der Waals surface area contributed by atoms with Crippen LogP contribution in [-0.4, -0.2) is 19.2 Å². The molecule has 2 nitrogen and oxygen atoms in total. The number of benzene rings is 1. The van der Waals surface area contributed by atoms with Crippen molar-refractivity contribution in [2.24, 2.45) is 5.92 Å². The Hall–Kier alpha value is -0.380. The van der Waals surface area contributed by atoms with Gasteiger partial charge < -0.3 is 10.1 Å². The summed E-state index contributed by atoms with van der Waals surface area (Å²) in [5.74, 6) is 0.656. The van der Waals surface area contributed by atoms with Crippen LogP contribution in [0.15, 0.2) is 28.7 Å². The first-order chi connectivity index (χ1) is 7.77. The highest BCUT2D eigenvalue weighted by atomic mass is 79.9. The summed E-state index contributed by atoms with van der Waals surface area (Å²) < 4.78 is 7.10. The second-order valence-electron chi connectivity index (χ2n) is 4.41. The molecule has 2 rings (SSSR count). The molecule has 1 aliphatic heterocycles. The van der Waals surface area contributed by atoms with E-state index in [0.29, 0.717) is 18.6 Å². The van der Waals surface area contributed by atoms with Gasteiger partial charge in [0.1, 0.15) is 0 Å². The third-order valence-corrected chi connectivity index (χ3v) is 3.94. The summed E-state index contributed by atoms with van der Waals surface area (Å²) in [5.41, 5.74) is 1.22. The Morgan fingerprint density at radius 1 is 1.44 bits per heavy atom. The van der Waals surface area contributed by atoms with E-state index in [-0.39, 0.29) is 0 Å². The van der Waals surface area contributed by atoms with Crippen molar-refractivity contribution in [1.82, 2.24) is 5.32 Å². The molecule has 2 atom stereocenters. The van der Waals surface area contributed by atoms with Gasteiger partial charge in [-0.1, -0.05) is 41.1 Å².